The maximum absolute atomic E-state index is 13.4. The Labute approximate surface area is 145 Å². The smallest absolute Gasteiger partial charge is 0.319 e. The summed E-state index contributed by atoms with van der Waals surface area (Å²) in [6, 6.07) is 13.1. The molecule has 7 heteroatoms. The van der Waals surface area contributed by atoms with Crippen LogP contribution in [0.2, 0.25) is 0 Å². The van der Waals surface area contributed by atoms with Crippen molar-refractivity contribution in [1.29, 1.82) is 0 Å². The standard InChI is InChI=1S/C18H21FN4O2/c1-12(23(2)14-6-4-3-5-7-14)11-21-18(25)22-13-8-9-16(19)15(10-13)17(20)24/h3-10,12H,11H2,1-2H3,(H2,20,24)(H2,21,22,25)/t12-/m1/s1. The monoisotopic (exact) mass is 344 g/mol. The number of primary amides is 1. The van der Waals surface area contributed by atoms with Crippen molar-refractivity contribution >= 4 is 23.3 Å². The van der Waals surface area contributed by atoms with Crippen LogP contribution in [0.5, 0.6) is 0 Å². The van der Waals surface area contributed by atoms with Gasteiger partial charge in [0.2, 0.25) is 0 Å². The fraction of sp³-hybridized carbons (Fsp3) is 0.222. The highest BCUT2D eigenvalue weighted by atomic mass is 19.1. The molecule has 1 atom stereocenters. The number of nitrogens with zero attached hydrogens (tertiary/aromatic N) is 1. The molecule has 4 N–H and O–H groups in total. The highest BCUT2D eigenvalue weighted by Crippen LogP contribution is 2.15. The van der Waals surface area contributed by atoms with E-state index in [4.69, 9.17) is 5.73 Å². The van der Waals surface area contributed by atoms with Crippen LogP contribution in [0.15, 0.2) is 48.5 Å². The highest BCUT2D eigenvalue weighted by molar-refractivity contribution is 5.96. The quantitative estimate of drug-likeness (QED) is 0.753. The van der Waals surface area contributed by atoms with Gasteiger partial charge in [-0.3, -0.25) is 4.79 Å². The van der Waals surface area contributed by atoms with Crippen molar-refractivity contribution in [3.63, 3.8) is 0 Å². The molecule has 0 fully saturated rings. The molecule has 132 valence electrons. The summed E-state index contributed by atoms with van der Waals surface area (Å²) in [6.45, 7) is 2.39. The van der Waals surface area contributed by atoms with Crippen molar-refractivity contribution in [3.05, 3.63) is 59.9 Å². The van der Waals surface area contributed by atoms with Gasteiger partial charge >= 0.3 is 6.03 Å². The Morgan fingerprint density at radius 3 is 2.52 bits per heavy atom. The Hall–Kier alpha value is -3.09. The lowest BCUT2D eigenvalue weighted by Gasteiger charge is -2.27. The molecule has 2 aromatic rings. The molecular weight excluding hydrogens is 323 g/mol. The number of carbonyl (C=O) groups excluding carboxylic acids is 2. The molecule has 0 bridgehead atoms. The first kappa shape index (κ1) is 18.3. The van der Waals surface area contributed by atoms with Crippen molar-refractivity contribution < 1.29 is 14.0 Å². The van der Waals surface area contributed by atoms with Crippen LogP contribution in [0.1, 0.15) is 17.3 Å². The molecule has 0 aromatic heterocycles. The summed E-state index contributed by atoms with van der Waals surface area (Å²) in [6.07, 6.45) is 0. The van der Waals surface area contributed by atoms with E-state index in [0.717, 1.165) is 11.8 Å². The first-order chi connectivity index (χ1) is 11.9. The van der Waals surface area contributed by atoms with E-state index in [-0.39, 0.29) is 17.3 Å². The van der Waals surface area contributed by atoms with Crippen LogP contribution in [-0.2, 0) is 0 Å². The van der Waals surface area contributed by atoms with E-state index in [1.54, 1.807) is 0 Å². The van der Waals surface area contributed by atoms with Gasteiger partial charge in [-0.25, -0.2) is 9.18 Å². The van der Waals surface area contributed by atoms with E-state index in [2.05, 4.69) is 10.6 Å². The zero-order valence-corrected chi connectivity index (χ0v) is 14.1. The molecule has 3 amide bonds. The summed E-state index contributed by atoms with van der Waals surface area (Å²) in [5.74, 6) is -1.61. The Morgan fingerprint density at radius 1 is 1.20 bits per heavy atom. The number of nitrogens with one attached hydrogen (secondary N) is 2. The highest BCUT2D eigenvalue weighted by Gasteiger charge is 2.13. The van der Waals surface area contributed by atoms with E-state index in [9.17, 15) is 14.0 Å². The van der Waals surface area contributed by atoms with Crippen LogP contribution < -0.4 is 21.3 Å². The Bertz CT molecular complexity index is 752. The van der Waals surface area contributed by atoms with Crippen molar-refractivity contribution in [2.45, 2.75) is 13.0 Å². The zero-order valence-electron chi connectivity index (χ0n) is 14.1. The molecule has 0 saturated carbocycles. The molecule has 6 nitrogen and oxygen atoms in total. The van der Waals surface area contributed by atoms with Gasteiger partial charge in [0.05, 0.1) is 5.56 Å². The molecule has 0 heterocycles. The van der Waals surface area contributed by atoms with E-state index < -0.39 is 17.8 Å². The van der Waals surface area contributed by atoms with Crippen molar-refractivity contribution in [1.82, 2.24) is 5.32 Å². The van der Waals surface area contributed by atoms with Gasteiger partial charge in [-0.05, 0) is 37.3 Å². The van der Waals surface area contributed by atoms with Crippen LogP contribution in [0, 0.1) is 5.82 Å². The van der Waals surface area contributed by atoms with Gasteiger partial charge in [-0.15, -0.1) is 0 Å². The number of anilines is 2. The molecule has 0 aliphatic rings. The third-order valence-corrected chi connectivity index (χ3v) is 3.87. The second-order valence-corrected chi connectivity index (χ2v) is 5.69. The Balaban J connectivity index is 1.90. The number of benzene rings is 2. The molecule has 0 unspecified atom stereocenters. The maximum Gasteiger partial charge on any atom is 0.319 e. The van der Waals surface area contributed by atoms with Crippen LogP contribution in [0.25, 0.3) is 0 Å². The van der Waals surface area contributed by atoms with E-state index in [1.807, 2.05) is 49.2 Å². The van der Waals surface area contributed by atoms with E-state index in [1.165, 1.54) is 12.1 Å². The number of hydrogen-bond acceptors (Lipinski definition) is 3. The van der Waals surface area contributed by atoms with Gasteiger partial charge in [0, 0.05) is 31.0 Å². The average molecular weight is 344 g/mol. The van der Waals surface area contributed by atoms with Crippen LogP contribution in [0.3, 0.4) is 0 Å². The summed E-state index contributed by atoms with van der Waals surface area (Å²) in [5, 5.41) is 5.30. The average Bonchev–Trinajstić information content (AvgIpc) is 2.61. The molecular formula is C18H21FN4O2. The molecule has 25 heavy (non-hydrogen) atoms. The summed E-state index contributed by atoms with van der Waals surface area (Å²) in [4.78, 5) is 25.2. The second-order valence-electron chi connectivity index (χ2n) is 5.69. The maximum atomic E-state index is 13.4. The van der Waals surface area contributed by atoms with Crippen LogP contribution >= 0.6 is 0 Å². The minimum atomic E-state index is -0.889. The number of amides is 3. The van der Waals surface area contributed by atoms with Crippen LogP contribution in [0.4, 0.5) is 20.6 Å². The lowest BCUT2D eigenvalue weighted by molar-refractivity contribution is 0.0996. The molecule has 0 aliphatic carbocycles. The number of nitrogens with two attached hydrogens (primary N) is 1. The first-order valence-corrected chi connectivity index (χ1v) is 7.80. The Kier molecular flexibility index (Phi) is 5.94. The van der Waals surface area contributed by atoms with Crippen molar-refractivity contribution in [2.24, 2.45) is 5.73 Å². The number of halogens is 1. The lowest BCUT2D eigenvalue weighted by atomic mass is 10.2. The zero-order chi connectivity index (χ0) is 18.4. The summed E-state index contributed by atoms with van der Waals surface area (Å²) in [5.41, 5.74) is 6.15. The summed E-state index contributed by atoms with van der Waals surface area (Å²) < 4.78 is 13.4. The van der Waals surface area contributed by atoms with Gasteiger partial charge in [0.25, 0.3) is 5.91 Å². The molecule has 2 aromatic carbocycles. The fourth-order valence-corrected chi connectivity index (χ4v) is 2.26. The first-order valence-electron chi connectivity index (χ1n) is 7.80. The van der Waals surface area contributed by atoms with E-state index in [0.29, 0.717) is 6.54 Å². The number of carbonyl (C=O) groups is 2. The fourth-order valence-electron chi connectivity index (χ4n) is 2.26. The SMILES string of the molecule is C[C@H](CNC(=O)Nc1ccc(F)c(C(N)=O)c1)N(C)c1ccccc1. The lowest BCUT2D eigenvalue weighted by Crippen LogP contribution is -2.41. The minimum absolute atomic E-state index is 0.0579. The molecule has 2 rings (SSSR count). The number of para-hydroxylation sites is 1. The largest absolute Gasteiger partial charge is 0.370 e. The normalized spacial score (nSPS) is 11.5. The number of likely N-dealkylation sites (N-methyl/N-ethyl adjacent to an activating group) is 1. The van der Waals surface area contributed by atoms with E-state index >= 15 is 0 Å². The second kappa shape index (κ2) is 8.14. The third-order valence-electron chi connectivity index (χ3n) is 3.87. The summed E-state index contributed by atoms with van der Waals surface area (Å²) >= 11 is 0. The van der Waals surface area contributed by atoms with Crippen LogP contribution in [-0.4, -0.2) is 31.6 Å². The van der Waals surface area contributed by atoms with Crippen molar-refractivity contribution in [3.8, 4) is 0 Å². The van der Waals surface area contributed by atoms with Crippen molar-refractivity contribution in [2.75, 3.05) is 23.8 Å². The van der Waals surface area contributed by atoms with Gasteiger partial charge in [0.1, 0.15) is 5.82 Å². The number of rotatable bonds is 6. The minimum Gasteiger partial charge on any atom is -0.370 e. The van der Waals surface area contributed by atoms with Gasteiger partial charge in [-0.1, -0.05) is 18.2 Å². The Morgan fingerprint density at radius 2 is 1.88 bits per heavy atom. The third kappa shape index (κ3) is 4.94. The molecule has 0 aliphatic heterocycles. The topological polar surface area (TPSA) is 87.5 Å². The molecule has 0 spiro atoms. The number of urea groups is 1. The summed E-state index contributed by atoms with van der Waals surface area (Å²) in [7, 11) is 1.94. The molecule has 0 radical (unpaired) electrons. The predicted octanol–water partition coefficient (Wildman–Crippen LogP) is 2.57. The van der Waals surface area contributed by atoms with Gasteiger partial charge < -0.3 is 21.3 Å². The number of hydrogen-bond donors (Lipinski definition) is 3. The van der Waals surface area contributed by atoms with Gasteiger partial charge in [0.15, 0.2) is 0 Å². The van der Waals surface area contributed by atoms with Gasteiger partial charge in [-0.2, -0.15) is 0 Å². The molecule has 0 saturated heterocycles. The predicted molar refractivity (Wildman–Crippen MR) is 96.2 cm³/mol.